The van der Waals surface area contributed by atoms with Gasteiger partial charge in [-0.2, -0.15) is 5.26 Å². The van der Waals surface area contributed by atoms with Crippen LogP contribution in [0.1, 0.15) is 42.6 Å². The van der Waals surface area contributed by atoms with Gasteiger partial charge >= 0.3 is 0 Å². The lowest BCUT2D eigenvalue weighted by Crippen LogP contribution is -2.51. The number of nitriles is 1. The van der Waals surface area contributed by atoms with Crippen LogP contribution >= 0.6 is 0 Å². The van der Waals surface area contributed by atoms with Gasteiger partial charge in [-0.05, 0) is 49.6 Å². The van der Waals surface area contributed by atoms with Crippen LogP contribution in [0.2, 0.25) is 0 Å². The van der Waals surface area contributed by atoms with E-state index in [1.165, 1.54) is 17.3 Å². The van der Waals surface area contributed by atoms with Crippen molar-refractivity contribution in [2.75, 3.05) is 43.1 Å². The van der Waals surface area contributed by atoms with E-state index in [1.807, 2.05) is 18.2 Å². The van der Waals surface area contributed by atoms with Crippen LogP contribution in [0.15, 0.2) is 41.2 Å². The van der Waals surface area contributed by atoms with Crippen molar-refractivity contribution in [1.29, 1.82) is 5.26 Å². The second-order valence-corrected chi connectivity index (χ2v) is 9.95. The first-order chi connectivity index (χ1) is 17.1. The van der Waals surface area contributed by atoms with E-state index in [0.717, 1.165) is 62.5 Å². The van der Waals surface area contributed by atoms with Crippen LogP contribution in [0.5, 0.6) is 0 Å². The van der Waals surface area contributed by atoms with E-state index in [4.69, 9.17) is 9.72 Å². The monoisotopic (exact) mass is 470 g/mol. The summed E-state index contributed by atoms with van der Waals surface area (Å²) in [5.41, 5.74) is 4.44. The third-order valence-corrected chi connectivity index (χ3v) is 7.90. The van der Waals surface area contributed by atoms with Crippen LogP contribution in [-0.4, -0.2) is 60.3 Å². The number of methoxy groups -OCH3 is 1. The zero-order chi connectivity index (χ0) is 24.1. The van der Waals surface area contributed by atoms with Gasteiger partial charge in [-0.1, -0.05) is 6.07 Å². The lowest BCUT2D eigenvalue weighted by molar-refractivity contribution is 0.0891. The highest BCUT2D eigenvalue weighted by molar-refractivity contribution is 5.95. The minimum absolute atomic E-state index is 0.193. The number of piperazine rings is 1. The Hall–Kier alpha value is -3.41. The Balaban J connectivity index is 1.31. The molecule has 0 radical (unpaired) electrons. The molecule has 35 heavy (non-hydrogen) atoms. The topological polar surface area (TPSA) is 88.5 Å². The molecule has 2 saturated heterocycles. The number of piperidine rings is 1. The number of pyridine rings is 2. The largest absolute Gasteiger partial charge is 0.380 e. The first kappa shape index (κ1) is 22.1. The molecule has 8 nitrogen and oxygen atoms in total. The Kier molecular flexibility index (Phi) is 5.47. The summed E-state index contributed by atoms with van der Waals surface area (Å²) in [4.78, 5) is 27.2. The minimum Gasteiger partial charge on any atom is -0.380 e. The maximum atomic E-state index is 12.0. The number of anilines is 2. The molecule has 2 aromatic heterocycles. The lowest BCUT2D eigenvalue weighted by Gasteiger charge is -2.43. The molecule has 0 amide bonds. The number of benzene rings is 1. The van der Waals surface area contributed by atoms with Gasteiger partial charge in [0.25, 0.3) is 0 Å². The Bertz CT molecular complexity index is 1380. The van der Waals surface area contributed by atoms with E-state index < -0.39 is 0 Å². The van der Waals surface area contributed by atoms with E-state index in [0.29, 0.717) is 17.1 Å². The second kappa shape index (κ2) is 8.67. The normalized spacial score (nSPS) is 24.3. The zero-order valence-electron chi connectivity index (χ0n) is 20.2. The summed E-state index contributed by atoms with van der Waals surface area (Å²) < 4.78 is 5.61. The average Bonchev–Trinajstić information content (AvgIpc) is 3.26. The van der Waals surface area contributed by atoms with Crippen LogP contribution in [0.3, 0.4) is 0 Å². The van der Waals surface area contributed by atoms with E-state index in [1.54, 1.807) is 7.11 Å². The molecular weight excluding hydrogens is 440 g/mol. The molecule has 3 aliphatic rings. The summed E-state index contributed by atoms with van der Waals surface area (Å²) >= 11 is 0. The summed E-state index contributed by atoms with van der Waals surface area (Å²) in [7, 11) is 1.80. The van der Waals surface area contributed by atoms with Crippen molar-refractivity contribution in [1.82, 2.24) is 14.9 Å². The molecule has 3 atom stereocenters. The van der Waals surface area contributed by atoms with Gasteiger partial charge in [0.05, 0.1) is 28.9 Å². The molecule has 0 saturated carbocycles. The molecule has 8 heteroatoms. The van der Waals surface area contributed by atoms with Crippen molar-refractivity contribution in [3.05, 3.63) is 63.6 Å². The van der Waals surface area contributed by atoms with Crippen molar-refractivity contribution in [3.8, 4) is 6.07 Å². The van der Waals surface area contributed by atoms with Crippen LogP contribution < -0.4 is 15.4 Å². The van der Waals surface area contributed by atoms with Gasteiger partial charge in [0.15, 0.2) is 0 Å². The van der Waals surface area contributed by atoms with E-state index in [2.05, 4.69) is 44.8 Å². The Morgan fingerprint density at radius 2 is 2.00 bits per heavy atom. The number of rotatable bonds is 3. The Morgan fingerprint density at radius 3 is 2.83 bits per heavy atom. The molecule has 2 fully saturated rings. The standard InChI is InChI=1S/C27H30N6O2/c1-17-13-32(23-8-5-18(12-28)27-21(23)7-10-26(34)30-27)16-24-20-6-9-25(29-22(20)15-33(17)24)31-11-3-4-19(14-31)35-2/h5-10,17,19,24H,3-4,11,13-16H2,1-2H3,(H,30,34). The molecular formula is C27H30N6O2. The summed E-state index contributed by atoms with van der Waals surface area (Å²) in [6.07, 6.45) is 2.51. The molecule has 0 bridgehead atoms. The van der Waals surface area contributed by atoms with Gasteiger partial charge in [0.1, 0.15) is 11.9 Å². The number of H-pyrrole nitrogens is 1. The van der Waals surface area contributed by atoms with Crippen LogP contribution in [0, 0.1) is 11.3 Å². The number of aromatic nitrogens is 2. The van der Waals surface area contributed by atoms with Gasteiger partial charge < -0.3 is 19.5 Å². The highest BCUT2D eigenvalue weighted by atomic mass is 16.5. The smallest absolute Gasteiger partial charge is 0.248 e. The second-order valence-electron chi connectivity index (χ2n) is 9.95. The van der Waals surface area contributed by atoms with E-state index in [9.17, 15) is 10.1 Å². The quantitative estimate of drug-likeness (QED) is 0.629. The highest BCUT2D eigenvalue weighted by Gasteiger charge is 2.40. The third kappa shape index (κ3) is 3.76. The number of ether oxygens (including phenoxy) is 1. The van der Waals surface area contributed by atoms with Crippen molar-refractivity contribution in [2.24, 2.45) is 0 Å². The van der Waals surface area contributed by atoms with Gasteiger partial charge in [-0.25, -0.2) is 4.98 Å². The number of nitrogens with one attached hydrogen (secondary N) is 1. The molecule has 3 unspecified atom stereocenters. The van der Waals surface area contributed by atoms with Crippen molar-refractivity contribution >= 4 is 22.4 Å². The lowest BCUT2D eigenvalue weighted by atomic mass is 10.0. The summed E-state index contributed by atoms with van der Waals surface area (Å²) in [5, 5.41) is 10.4. The fraction of sp³-hybridized carbons (Fsp3) is 0.444. The Labute approximate surface area is 204 Å². The number of fused-ring (bicyclic) bond motifs is 4. The van der Waals surface area contributed by atoms with Gasteiger partial charge in [0, 0.05) is 63.0 Å². The molecule has 1 aromatic carbocycles. The summed E-state index contributed by atoms with van der Waals surface area (Å²) in [5.74, 6) is 1.05. The molecule has 5 heterocycles. The van der Waals surface area contributed by atoms with Gasteiger partial charge in [-0.15, -0.1) is 0 Å². The number of hydrogen-bond donors (Lipinski definition) is 1. The minimum atomic E-state index is -0.193. The maximum Gasteiger partial charge on any atom is 0.248 e. The Morgan fingerprint density at radius 1 is 1.11 bits per heavy atom. The number of nitrogens with zero attached hydrogens (tertiary/aromatic N) is 5. The predicted octanol–water partition coefficient (Wildman–Crippen LogP) is 3.18. The summed E-state index contributed by atoms with van der Waals surface area (Å²) in [6, 6.07) is 14.5. The molecule has 0 spiro atoms. The van der Waals surface area contributed by atoms with Crippen molar-refractivity contribution < 1.29 is 4.74 Å². The van der Waals surface area contributed by atoms with Crippen molar-refractivity contribution in [3.63, 3.8) is 0 Å². The fourth-order valence-electron chi connectivity index (χ4n) is 6.08. The molecule has 6 rings (SSSR count). The van der Waals surface area contributed by atoms with Crippen molar-refractivity contribution in [2.45, 2.75) is 44.5 Å². The SMILES string of the molecule is COC1CCCN(c2ccc3c(n2)CN2C(C)CN(c4ccc(C#N)c5[nH]c(=O)ccc45)CC32)C1. The first-order valence-corrected chi connectivity index (χ1v) is 12.4. The fourth-order valence-corrected chi connectivity index (χ4v) is 6.08. The van der Waals surface area contributed by atoms with Crippen LogP contribution in [0.4, 0.5) is 11.5 Å². The van der Waals surface area contributed by atoms with Crippen LogP contribution in [0.25, 0.3) is 10.9 Å². The average molecular weight is 471 g/mol. The van der Waals surface area contributed by atoms with Gasteiger partial charge in [-0.3, -0.25) is 9.69 Å². The van der Waals surface area contributed by atoms with E-state index in [-0.39, 0.29) is 17.7 Å². The van der Waals surface area contributed by atoms with Gasteiger partial charge in [0.2, 0.25) is 5.56 Å². The molecule has 180 valence electrons. The first-order valence-electron chi connectivity index (χ1n) is 12.4. The molecule has 1 N–H and O–H groups in total. The van der Waals surface area contributed by atoms with E-state index >= 15 is 0 Å². The highest BCUT2D eigenvalue weighted by Crippen LogP contribution is 2.41. The number of hydrogen-bond acceptors (Lipinski definition) is 7. The molecule has 3 aromatic rings. The predicted molar refractivity (Wildman–Crippen MR) is 136 cm³/mol. The summed E-state index contributed by atoms with van der Waals surface area (Å²) in [6.45, 7) is 6.77. The molecule has 0 aliphatic carbocycles. The zero-order valence-corrected chi connectivity index (χ0v) is 20.2. The van der Waals surface area contributed by atoms with Crippen LogP contribution in [-0.2, 0) is 11.3 Å². The molecule has 3 aliphatic heterocycles. The third-order valence-electron chi connectivity index (χ3n) is 7.90. The number of aromatic amines is 1. The maximum absolute atomic E-state index is 12.0.